The number of para-hydroxylation sites is 1. The van der Waals surface area contributed by atoms with Crippen molar-refractivity contribution in [2.75, 3.05) is 17.0 Å². The average molecular weight is 388 g/mol. The first-order chi connectivity index (χ1) is 12.5. The molecule has 0 atom stereocenters. The van der Waals surface area contributed by atoms with Gasteiger partial charge in [-0.25, -0.2) is 9.80 Å². The normalized spacial score (nSPS) is 14.5. The minimum absolute atomic E-state index is 0.0340. The van der Waals surface area contributed by atoms with Crippen LogP contribution in [0.1, 0.15) is 0 Å². The van der Waals surface area contributed by atoms with Crippen molar-refractivity contribution in [1.82, 2.24) is 5.43 Å². The zero-order chi connectivity index (χ0) is 18.7. The molecule has 0 saturated heterocycles. The molecule has 0 spiro atoms. The molecule has 1 heterocycles. The van der Waals surface area contributed by atoms with Crippen LogP contribution in [0.2, 0.25) is 5.02 Å². The molecule has 2 aromatic rings. The Bertz CT molecular complexity index is 884. The van der Waals surface area contributed by atoms with Gasteiger partial charge < -0.3 is 4.74 Å². The van der Waals surface area contributed by atoms with E-state index < -0.39 is 11.9 Å². The lowest BCUT2D eigenvalue weighted by Gasteiger charge is -2.30. The number of hydrogen-bond acceptors (Lipinski definition) is 5. The fourth-order valence-electron chi connectivity index (χ4n) is 2.38. The maximum atomic E-state index is 12.8. The van der Waals surface area contributed by atoms with Crippen LogP contribution >= 0.6 is 23.8 Å². The van der Waals surface area contributed by atoms with E-state index in [1.807, 2.05) is 6.07 Å². The SMILES string of the molecule is COC(=O)C1=CC(=O)N(c2ccccc2)C(=S)N(c2ccc(Cl)cc2)N1. The van der Waals surface area contributed by atoms with E-state index in [1.54, 1.807) is 48.5 Å². The van der Waals surface area contributed by atoms with Crippen LogP contribution in [-0.4, -0.2) is 24.1 Å². The van der Waals surface area contributed by atoms with Gasteiger partial charge in [0, 0.05) is 11.1 Å². The Morgan fingerprint density at radius 3 is 2.35 bits per heavy atom. The van der Waals surface area contributed by atoms with Gasteiger partial charge in [-0.2, -0.15) is 0 Å². The maximum Gasteiger partial charge on any atom is 0.356 e. The minimum atomic E-state index is -0.685. The summed E-state index contributed by atoms with van der Waals surface area (Å²) in [5.74, 6) is -1.15. The van der Waals surface area contributed by atoms with Gasteiger partial charge in [0.15, 0.2) is 0 Å². The number of nitrogens with one attached hydrogen (secondary N) is 1. The molecular formula is C18H14ClN3O3S. The summed E-state index contributed by atoms with van der Waals surface area (Å²) in [6.07, 6.45) is 1.15. The highest BCUT2D eigenvalue weighted by atomic mass is 35.5. The molecule has 1 amide bonds. The van der Waals surface area contributed by atoms with Gasteiger partial charge in [-0.3, -0.25) is 15.1 Å². The molecule has 0 saturated carbocycles. The third kappa shape index (κ3) is 3.54. The molecule has 1 aliphatic heterocycles. The van der Waals surface area contributed by atoms with Crippen molar-refractivity contribution in [3.05, 3.63) is 71.4 Å². The van der Waals surface area contributed by atoms with E-state index in [0.717, 1.165) is 6.08 Å². The third-order valence-electron chi connectivity index (χ3n) is 3.61. The molecule has 132 valence electrons. The molecule has 1 N–H and O–H groups in total. The molecule has 0 unspecified atom stereocenters. The minimum Gasteiger partial charge on any atom is -0.464 e. The van der Waals surface area contributed by atoms with Gasteiger partial charge in [0.25, 0.3) is 5.91 Å². The first kappa shape index (κ1) is 17.9. The number of hydrogen-bond donors (Lipinski definition) is 1. The number of carbonyl (C=O) groups excluding carboxylic acids is 2. The van der Waals surface area contributed by atoms with Crippen LogP contribution in [0.5, 0.6) is 0 Å². The van der Waals surface area contributed by atoms with Gasteiger partial charge in [0.1, 0.15) is 5.70 Å². The molecule has 0 aromatic heterocycles. The third-order valence-corrected chi connectivity index (χ3v) is 4.22. The van der Waals surface area contributed by atoms with Crippen LogP contribution in [-0.2, 0) is 14.3 Å². The van der Waals surface area contributed by atoms with Gasteiger partial charge in [0.2, 0.25) is 5.11 Å². The van der Waals surface area contributed by atoms with E-state index in [9.17, 15) is 9.59 Å². The Kier molecular flexibility index (Phi) is 5.20. The summed E-state index contributed by atoms with van der Waals surface area (Å²) in [6, 6.07) is 15.7. The number of anilines is 2. The van der Waals surface area contributed by atoms with Gasteiger partial charge in [0.05, 0.1) is 18.5 Å². The first-order valence-electron chi connectivity index (χ1n) is 7.56. The van der Waals surface area contributed by atoms with Gasteiger partial charge in [-0.05, 0) is 48.6 Å². The number of benzene rings is 2. The first-order valence-corrected chi connectivity index (χ1v) is 8.35. The lowest BCUT2D eigenvalue weighted by Crippen LogP contribution is -2.50. The zero-order valence-electron chi connectivity index (χ0n) is 13.7. The highest BCUT2D eigenvalue weighted by Crippen LogP contribution is 2.24. The van der Waals surface area contributed by atoms with Crippen molar-refractivity contribution in [3.63, 3.8) is 0 Å². The van der Waals surface area contributed by atoms with E-state index in [1.165, 1.54) is 17.0 Å². The number of amides is 1. The number of rotatable bonds is 3. The summed E-state index contributed by atoms with van der Waals surface area (Å²) >= 11 is 11.5. The summed E-state index contributed by atoms with van der Waals surface area (Å²) in [5.41, 5.74) is 4.00. The monoisotopic (exact) mass is 387 g/mol. The van der Waals surface area contributed by atoms with Crippen molar-refractivity contribution < 1.29 is 14.3 Å². The second-order valence-electron chi connectivity index (χ2n) is 5.26. The molecule has 3 rings (SSSR count). The van der Waals surface area contributed by atoms with Crippen molar-refractivity contribution >= 4 is 52.2 Å². The average Bonchev–Trinajstić information content (AvgIpc) is 2.78. The fraction of sp³-hybridized carbons (Fsp3) is 0.0556. The second kappa shape index (κ2) is 7.55. The number of esters is 1. The van der Waals surface area contributed by atoms with Crippen LogP contribution in [0.25, 0.3) is 0 Å². The van der Waals surface area contributed by atoms with Crippen molar-refractivity contribution in [3.8, 4) is 0 Å². The van der Waals surface area contributed by atoms with Crippen LogP contribution in [0.3, 0.4) is 0 Å². The Hall–Kier alpha value is -2.90. The van der Waals surface area contributed by atoms with E-state index in [2.05, 4.69) is 5.43 Å². The number of ether oxygens (including phenoxy) is 1. The summed E-state index contributed by atoms with van der Waals surface area (Å²) in [7, 11) is 1.24. The van der Waals surface area contributed by atoms with Crippen LogP contribution in [0, 0.1) is 0 Å². The predicted octanol–water partition coefficient (Wildman–Crippen LogP) is 3.04. The van der Waals surface area contributed by atoms with Crippen molar-refractivity contribution in [2.45, 2.75) is 0 Å². The van der Waals surface area contributed by atoms with E-state index >= 15 is 0 Å². The molecule has 0 aliphatic carbocycles. The standard InChI is InChI=1S/C18H14ClN3O3S/c1-25-17(24)15-11-16(23)21(13-5-3-2-4-6-13)18(26)22(20-15)14-9-7-12(19)8-10-14/h2-11,20H,1H3. The molecule has 0 radical (unpaired) electrons. The van der Waals surface area contributed by atoms with Gasteiger partial charge in [-0.15, -0.1) is 0 Å². The fourth-order valence-corrected chi connectivity index (χ4v) is 2.85. The van der Waals surface area contributed by atoms with Gasteiger partial charge >= 0.3 is 5.97 Å². The van der Waals surface area contributed by atoms with Crippen LogP contribution < -0.4 is 15.3 Å². The summed E-state index contributed by atoms with van der Waals surface area (Å²) in [6.45, 7) is 0. The highest BCUT2D eigenvalue weighted by molar-refractivity contribution is 7.81. The predicted molar refractivity (Wildman–Crippen MR) is 104 cm³/mol. The quantitative estimate of drug-likeness (QED) is 0.645. The maximum absolute atomic E-state index is 12.8. The number of methoxy groups -OCH3 is 1. The zero-order valence-corrected chi connectivity index (χ0v) is 15.3. The smallest absolute Gasteiger partial charge is 0.356 e. The molecular weight excluding hydrogens is 374 g/mol. The van der Waals surface area contributed by atoms with Gasteiger partial charge in [-0.1, -0.05) is 29.8 Å². The number of halogens is 1. The Labute approximate surface area is 160 Å². The highest BCUT2D eigenvalue weighted by Gasteiger charge is 2.31. The Morgan fingerprint density at radius 1 is 1.08 bits per heavy atom. The van der Waals surface area contributed by atoms with E-state index in [0.29, 0.717) is 16.4 Å². The van der Waals surface area contributed by atoms with Crippen molar-refractivity contribution in [1.29, 1.82) is 0 Å². The number of hydrazine groups is 1. The molecule has 0 bridgehead atoms. The molecule has 2 aromatic carbocycles. The molecule has 6 nitrogen and oxygen atoms in total. The van der Waals surface area contributed by atoms with Crippen LogP contribution in [0.15, 0.2) is 66.4 Å². The Balaban J connectivity index is 2.10. The largest absolute Gasteiger partial charge is 0.464 e. The van der Waals surface area contributed by atoms with Crippen molar-refractivity contribution in [2.24, 2.45) is 0 Å². The number of nitrogens with zero attached hydrogens (tertiary/aromatic N) is 2. The second-order valence-corrected chi connectivity index (χ2v) is 6.07. The summed E-state index contributed by atoms with van der Waals surface area (Å²) in [4.78, 5) is 26.1. The molecule has 1 aliphatic rings. The molecule has 26 heavy (non-hydrogen) atoms. The summed E-state index contributed by atoms with van der Waals surface area (Å²) in [5, 5.41) is 2.15. The summed E-state index contributed by atoms with van der Waals surface area (Å²) < 4.78 is 4.74. The number of carbonyl (C=O) groups is 2. The topological polar surface area (TPSA) is 61.9 Å². The lowest BCUT2D eigenvalue weighted by atomic mass is 10.3. The number of thiocarbonyl (C=S) groups is 1. The van der Waals surface area contributed by atoms with Crippen LogP contribution in [0.4, 0.5) is 11.4 Å². The Morgan fingerprint density at radius 2 is 1.73 bits per heavy atom. The van der Waals surface area contributed by atoms with E-state index in [4.69, 9.17) is 28.6 Å². The lowest BCUT2D eigenvalue weighted by molar-refractivity contribution is -0.136. The molecule has 0 fully saturated rings. The molecule has 8 heteroatoms. The van der Waals surface area contributed by atoms with E-state index in [-0.39, 0.29) is 10.8 Å².